The van der Waals surface area contributed by atoms with E-state index in [4.69, 9.17) is 5.11 Å². The molecule has 0 aliphatic carbocycles. The van der Waals surface area contributed by atoms with E-state index in [9.17, 15) is 13.6 Å². The normalized spacial score (nSPS) is 10.6. The summed E-state index contributed by atoms with van der Waals surface area (Å²) in [5.74, 6) is -1.58. The lowest BCUT2D eigenvalue weighted by molar-refractivity contribution is -0.137. The molecular formula is C13H12F2N2O2. The molecule has 2 N–H and O–H groups in total. The molecule has 0 bridgehead atoms. The fourth-order valence-corrected chi connectivity index (χ4v) is 1.74. The van der Waals surface area contributed by atoms with Crippen molar-refractivity contribution in [3.63, 3.8) is 0 Å². The summed E-state index contributed by atoms with van der Waals surface area (Å²) < 4.78 is 26.3. The van der Waals surface area contributed by atoms with Crippen molar-refractivity contribution in [3.05, 3.63) is 41.9 Å². The van der Waals surface area contributed by atoms with Crippen LogP contribution in [-0.2, 0) is 11.2 Å². The summed E-state index contributed by atoms with van der Waals surface area (Å²) in [6.45, 7) is 0. The van der Waals surface area contributed by atoms with E-state index in [2.05, 4.69) is 9.97 Å². The van der Waals surface area contributed by atoms with Gasteiger partial charge in [-0.15, -0.1) is 0 Å². The third-order valence-electron chi connectivity index (χ3n) is 2.65. The zero-order valence-corrected chi connectivity index (χ0v) is 9.99. The highest BCUT2D eigenvalue weighted by Gasteiger charge is 2.09. The van der Waals surface area contributed by atoms with Crippen LogP contribution in [0.2, 0.25) is 0 Å². The second-order valence-corrected chi connectivity index (χ2v) is 4.12. The van der Waals surface area contributed by atoms with Gasteiger partial charge in [0.1, 0.15) is 17.5 Å². The molecule has 0 fully saturated rings. The fourth-order valence-electron chi connectivity index (χ4n) is 1.74. The van der Waals surface area contributed by atoms with Crippen LogP contribution in [0, 0.1) is 11.6 Å². The summed E-state index contributed by atoms with van der Waals surface area (Å²) >= 11 is 0. The molecule has 100 valence electrons. The maximum absolute atomic E-state index is 13.5. The topological polar surface area (TPSA) is 66.0 Å². The van der Waals surface area contributed by atoms with Crippen molar-refractivity contribution in [1.29, 1.82) is 0 Å². The third-order valence-corrected chi connectivity index (χ3v) is 2.65. The quantitative estimate of drug-likeness (QED) is 0.874. The average molecular weight is 266 g/mol. The summed E-state index contributed by atoms with van der Waals surface area (Å²) in [5.41, 5.74) is 0.682. The lowest BCUT2D eigenvalue weighted by atomic mass is 10.1. The first-order valence-corrected chi connectivity index (χ1v) is 5.77. The van der Waals surface area contributed by atoms with Crippen LogP contribution >= 0.6 is 0 Å². The number of rotatable bonds is 5. The van der Waals surface area contributed by atoms with Crippen molar-refractivity contribution in [1.82, 2.24) is 9.97 Å². The molecule has 6 heteroatoms. The van der Waals surface area contributed by atoms with Gasteiger partial charge in [0.05, 0.1) is 11.9 Å². The van der Waals surface area contributed by atoms with E-state index in [-0.39, 0.29) is 12.0 Å². The standard InChI is InChI=1S/C13H12F2N2O2/c14-8-4-5-9(10(15)6-8)11-7-16-12(17-11)2-1-3-13(18)19/h4-7H,1-3H2,(H,16,17)(H,18,19). The number of aromatic amines is 1. The minimum Gasteiger partial charge on any atom is -0.481 e. The summed E-state index contributed by atoms with van der Waals surface area (Å²) in [4.78, 5) is 17.3. The number of aryl methyl sites for hydroxylation is 1. The SMILES string of the molecule is O=C(O)CCCc1ncc(-c2ccc(F)cc2F)[nH]1. The van der Waals surface area contributed by atoms with Crippen molar-refractivity contribution in [3.8, 4) is 11.3 Å². The van der Waals surface area contributed by atoms with Crippen LogP contribution in [-0.4, -0.2) is 21.0 Å². The van der Waals surface area contributed by atoms with Crippen LogP contribution in [0.5, 0.6) is 0 Å². The monoisotopic (exact) mass is 266 g/mol. The summed E-state index contributed by atoms with van der Waals surface area (Å²) in [5, 5.41) is 8.52. The Kier molecular flexibility index (Phi) is 3.89. The Hall–Kier alpha value is -2.24. The van der Waals surface area contributed by atoms with E-state index in [1.165, 1.54) is 18.3 Å². The molecule has 2 rings (SSSR count). The minimum atomic E-state index is -0.864. The number of aromatic nitrogens is 2. The summed E-state index contributed by atoms with van der Waals surface area (Å²) in [7, 11) is 0. The summed E-state index contributed by atoms with van der Waals surface area (Å²) in [6, 6.07) is 3.31. The Morgan fingerprint density at radius 3 is 2.84 bits per heavy atom. The van der Waals surface area contributed by atoms with Crippen molar-refractivity contribution >= 4 is 5.97 Å². The molecule has 1 aromatic carbocycles. The number of carboxylic acid groups (broad SMARTS) is 1. The first kappa shape index (κ1) is 13.2. The van der Waals surface area contributed by atoms with Gasteiger partial charge in [0.15, 0.2) is 0 Å². The van der Waals surface area contributed by atoms with Crippen LogP contribution in [0.3, 0.4) is 0 Å². The zero-order chi connectivity index (χ0) is 13.8. The Morgan fingerprint density at radius 2 is 2.16 bits per heavy atom. The number of aliphatic carboxylic acids is 1. The predicted octanol–water partition coefficient (Wildman–Crippen LogP) is 2.76. The molecule has 0 unspecified atom stereocenters. The number of imidazole rings is 1. The molecule has 1 heterocycles. The van der Waals surface area contributed by atoms with Crippen LogP contribution < -0.4 is 0 Å². The van der Waals surface area contributed by atoms with Crippen LogP contribution in [0.1, 0.15) is 18.7 Å². The Bertz CT molecular complexity index is 596. The van der Waals surface area contributed by atoms with E-state index >= 15 is 0 Å². The van der Waals surface area contributed by atoms with E-state index in [1.54, 1.807) is 0 Å². The van der Waals surface area contributed by atoms with Crippen molar-refractivity contribution in [2.24, 2.45) is 0 Å². The lowest BCUT2D eigenvalue weighted by Gasteiger charge is -2.00. The van der Waals surface area contributed by atoms with Crippen molar-refractivity contribution < 1.29 is 18.7 Å². The number of benzene rings is 1. The molecule has 0 aliphatic rings. The molecule has 0 amide bonds. The predicted molar refractivity (Wildman–Crippen MR) is 64.5 cm³/mol. The number of nitrogens with zero attached hydrogens (tertiary/aromatic N) is 1. The highest BCUT2D eigenvalue weighted by molar-refractivity contribution is 5.66. The van der Waals surface area contributed by atoms with Gasteiger partial charge in [-0.1, -0.05) is 0 Å². The van der Waals surface area contributed by atoms with E-state index < -0.39 is 17.6 Å². The maximum Gasteiger partial charge on any atom is 0.303 e. The van der Waals surface area contributed by atoms with Crippen LogP contribution in [0.25, 0.3) is 11.3 Å². The number of H-pyrrole nitrogens is 1. The largest absolute Gasteiger partial charge is 0.481 e. The van der Waals surface area contributed by atoms with Gasteiger partial charge in [-0.3, -0.25) is 4.79 Å². The minimum absolute atomic E-state index is 0.0565. The van der Waals surface area contributed by atoms with Gasteiger partial charge >= 0.3 is 5.97 Å². The Balaban J connectivity index is 2.10. The number of halogens is 2. The first-order valence-electron chi connectivity index (χ1n) is 5.77. The van der Waals surface area contributed by atoms with Gasteiger partial charge < -0.3 is 10.1 Å². The third kappa shape index (κ3) is 3.37. The molecule has 0 spiro atoms. The lowest BCUT2D eigenvalue weighted by Crippen LogP contribution is -1.97. The molecule has 0 atom stereocenters. The number of carboxylic acids is 1. The fraction of sp³-hybridized carbons (Fsp3) is 0.231. The Labute approximate surface area is 108 Å². The van der Waals surface area contributed by atoms with Crippen molar-refractivity contribution in [2.75, 3.05) is 0 Å². The maximum atomic E-state index is 13.5. The van der Waals surface area contributed by atoms with Gasteiger partial charge in [-0.25, -0.2) is 13.8 Å². The molecular weight excluding hydrogens is 254 g/mol. The second kappa shape index (κ2) is 5.60. The smallest absolute Gasteiger partial charge is 0.303 e. The van der Waals surface area contributed by atoms with Gasteiger partial charge in [0, 0.05) is 24.5 Å². The molecule has 2 aromatic rings. The molecule has 19 heavy (non-hydrogen) atoms. The van der Waals surface area contributed by atoms with Crippen LogP contribution in [0.15, 0.2) is 24.4 Å². The van der Waals surface area contributed by atoms with Gasteiger partial charge in [-0.2, -0.15) is 0 Å². The average Bonchev–Trinajstić information content (AvgIpc) is 2.77. The van der Waals surface area contributed by atoms with Gasteiger partial charge in [0.2, 0.25) is 0 Å². The number of carbonyl (C=O) groups is 1. The number of hydrogen-bond acceptors (Lipinski definition) is 2. The molecule has 0 saturated heterocycles. The van der Waals surface area contributed by atoms with E-state index in [0.29, 0.717) is 24.4 Å². The molecule has 0 radical (unpaired) electrons. The highest BCUT2D eigenvalue weighted by atomic mass is 19.1. The van der Waals surface area contributed by atoms with E-state index in [0.717, 1.165) is 6.07 Å². The number of hydrogen-bond donors (Lipinski definition) is 2. The first-order chi connectivity index (χ1) is 9.06. The van der Waals surface area contributed by atoms with Crippen molar-refractivity contribution in [2.45, 2.75) is 19.3 Å². The van der Waals surface area contributed by atoms with E-state index in [1.807, 2.05) is 0 Å². The zero-order valence-electron chi connectivity index (χ0n) is 9.99. The summed E-state index contributed by atoms with van der Waals surface area (Å²) in [6.07, 6.45) is 2.43. The number of nitrogens with one attached hydrogen (secondary N) is 1. The van der Waals surface area contributed by atoms with Gasteiger partial charge in [-0.05, 0) is 18.6 Å². The Morgan fingerprint density at radius 1 is 1.37 bits per heavy atom. The van der Waals surface area contributed by atoms with Crippen LogP contribution in [0.4, 0.5) is 8.78 Å². The molecule has 0 aliphatic heterocycles. The second-order valence-electron chi connectivity index (χ2n) is 4.12. The molecule has 0 saturated carbocycles. The molecule has 4 nitrogen and oxygen atoms in total. The van der Waals surface area contributed by atoms with Gasteiger partial charge in [0.25, 0.3) is 0 Å². The highest BCUT2D eigenvalue weighted by Crippen LogP contribution is 2.21. The molecule has 1 aromatic heterocycles.